The van der Waals surface area contributed by atoms with Crippen molar-refractivity contribution in [1.82, 2.24) is 0 Å². The quantitative estimate of drug-likeness (QED) is 0.306. The number of carbonyl (C=O) groups is 1. The summed E-state index contributed by atoms with van der Waals surface area (Å²) in [5, 5.41) is 37.1. The topological polar surface area (TPSA) is 121 Å². The summed E-state index contributed by atoms with van der Waals surface area (Å²) in [6.07, 6.45) is 1.65. The molecule has 0 unspecified atom stereocenters. The van der Waals surface area contributed by atoms with Crippen LogP contribution in [-0.4, -0.2) is 26.2 Å². The van der Waals surface area contributed by atoms with Gasteiger partial charge in [0.2, 0.25) is 0 Å². The molecule has 0 saturated heterocycles. The second-order valence-electron chi connectivity index (χ2n) is 2.83. The third-order valence-electron chi connectivity index (χ3n) is 1.73. The highest BCUT2D eigenvalue weighted by atomic mass is 16.6. The SMILES string of the molecule is O=C(O)C=Cc1cc(O)c(O)cc1[N+](=O)[O-]. The number of nitro groups is 1. The van der Waals surface area contributed by atoms with Crippen LogP contribution in [0.25, 0.3) is 6.08 Å². The minimum atomic E-state index is -1.28. The van der Waals surface area contributed by atoms with Gasteiger partial charge in [-0.25, -0.2) is 4.79 Å². The molecule has 0 fully saturated rings. The summed E-state index contributed by atoms with van der Waals surface area (Å²) in [5.74, 6) is -2.48. The van der Waals surface area contributed by atoms with Crippen LogP contribution in [0, 0.1) is 10.1 Å². The first-order valence-electron chi connectivity index (χ1n) is 4.03. The van der Waals surface area contributed by atoms with E-state index >= 15 is 0 Å². The standard InChI is InChI=1S/C9H7NO6/c11-7-3-5(1-2-9(13)14)6(10(15)16)4-8(7)12/h1-4,11-12H,(H,13,14). The maximum atomic E-state index is 10.6. The van der Waals surface area contributed by atoms with Crippen LogP contribution in [0.5, 0.6) is 11.5 Å². The molecular weight excluding hydrogens is 218 g/mol. The van der Waals surface area contributed by atoms with E-state index in [1.165, 1.54) is 0 Å². The molecule has 3 N–H and O–H groups in total. The van der Waals surface area contributed by atoms with E-state index in [1.54, 1.807) is 0 Å². The zero-order valence-corrected chi connectivity index (χ0v) is 7.82. The molecule has 84 valence electrons. The van der Waals surface area contributed by atoms with Crippen molar-refractivity contribution in [3.63, 3.8) is 0 Å². The van der Waals surface area contributed by atoms with Gasteiger partial charge in [0.05, 0.1) is 16.6 Å². The highest BCUT2D eigenvalue weighted by Crippen LogP contribution is 2.33. The van der Waals surface area contributed by atoms with Crippen molar-refractivity contribution in [1.29, 1.82) is 0 Å². The molecule has 0 spiro atoms. The van der Waals surface area contributed by atoms with E-state index in [9.17, 15) is 14.9 Å². The Morgan fingerprint density at radius 1 is 1.31 bits per heavy atom. The van der Waals surface area contributed by atoms with E-state index in [4.69, 9.17) is 15.3 Å². The van der Waals surface area contributed by atoms with Crippen LogP contribution in [0.2, 0.25) is 0 Å². The van der Waals surface area contributed by atoms with Crippen molar-refractivity contribution in [3.8, 4) is 11.5 Å². The van der Waals surface area contributed by atoms with Gasteiger partial charge in [0.15, 0.2) is 11.5 Å². The Morgan fingerprint density at radius 2 is 1.88 bits per heavy atom. The zero-order valence-electron chi connectivity index (χ0n) is 7.82. The number of nitrogens with zero attached hydrogens (tertiary/aromatic N) is 1. The predicted octanol–water partition coefficient (Wildman–Crippen LogP) is 1.10. The minimum absolute atomic E-state index is 0.109. The van der Waals surface area contributed by atoms with Gasteiger partial charge in [-0.1, -0.05) is 0 Å². The van der Waals surface area contributed by atoms with Crippen LogP contribution < -0.4 is 0 Å². The smallest absolute Gasteiger partial charge is 0.328 e. The molecule has 0 saturated carbocycles. The second-order valence-corrected chi connectivity index (χ2v) is 2.83. The van der Waals surface area contributed by atoms with Crippen molar-refractivity contribution in [2.45, 2.75) is 0 Å². The number of hydrogen-bond acceptors (Lipinski definition) is 5. The average Bonchev–Trinajstić information content (AvgIpc) is 2.18. The van der Waals surface area contributed by atoms with Gasteiger partial charge in [0.25, 0.3) is 5.69 Å². The molecule has 1 rings (SSSR count). The van der Waals surface area contributed by atoms with E-state index in [2.05, 4.69) is 0 Å². The Labute approximate surface area is 89.0 Å². The average molecular weight is 225 g/mol. The lowest BCUT2D eigenvalue weighted by Gasteiger charge is -2.00. The first kappa shape index (κ1) is 11.5. The Hall–Kier alpha value is -2.57. The van der Waals surface area contributed by atoms with Gasteiger partial charge in [-0.05, 0) is 12.1 Å². The molecule has 0 radical (unpaired) electrons. The van der Waals surface area contributed by atoms with Crippen LogP contribution in [-0.2, 0) is 4.79 Å². The zero-order chi connectivity index (χ0) is 12.3. The lowest BCUT2D eigenvalue weighted by Crippen LogP contribution is -1.92. The molecule has 0 bridgehead atoms. The van der Waals surface area contributed by atoms with Gasteiger partial charge in [0, 0.05) is 6.08 Å². The van der Waals surface area contributed by atoms with Gasteiger partial charge < -0.3 is 15.3 Å². The fourth-order valence-electron chi connectivity index (χ4n) is 1.03. The summed E-state index contributed by atoms with van der Waals surface area (Å²) in [7, 11) is 0. The van der Waals surface area contributed by atoms with E-state index in [-0.39, 0.29) is 5.56 Å². The first-order valence-corrected chi connectivity index (χ1v) is 4.03. The number of nitro benzene ring substituents is 1. The summed E-state index contributed by atoms with van der Waals surface area (Å²) in [5.41, 5.74) is -0.601. The fourth-order valence-corrected chi connectivity index (χ4v) is 1.03. The molecule has 0 atom stereocenters. The molecule has 0 heterocycles. The van der Waals surface area contributed by atoms with Crippen molar-refractivity contribution in [2.24, 2.45) is 0 Å². The number of benzene rings is 1. The Bertz CT molecular complexity index is 479. The maximum Gasteiger partial charge on any atom is 0.328 e. The molecule has 7 nitrogen and oxygen atoms in total. The Morgan fingerprint density at radius 3 is 2.38 bits per heavy atom. The van der Waals surface area contributed by atoms with Crippen LogP contribution in [0.15, 0.2) is 18.2 Å². The highest BCUT2D eigenvalue weighted by Gasteiger charge is 2.15. The minimum Gasteiger partial charge on any atom is -0.504 e. The largest absolute Gasteiger partial charge is 0.504 e. The van der Waals surface area contributed by atoms with Gasteiger partial charge in [0.1, 0.15) is 0 Å². The van der Waals surface area contributed by atoms with Crippen LogP contribution in [0.1, 0.15) is 5.56 Å². The molecule has 0 aromatic heterocycles. The molecule has 16 heavy (non-hydrogen) atoms. The van der Waals surface area contributed by atoms with Crippen LogP contribution in [0.3, 0.4) is 0 Å². The van der Waals surface area contributed by atoms with Crippen LogP contribution >= 0.6 is 0 Å². The fraction of sp³-hybridized carbons (Fsp3) is 0. The van der Waals surface area contributed by atoms with E-state index in [0.29, 0.717) is 6.08 Å². The Balaban J connectivity index is 3.30. The first-order chi connectivity index (χ1) is 7.41. The van der Waals surface area contributed by atoms with Crippen molar-refractivity contribution in [2.75, 3.05) is 0 Å². The monoisotopic (exact) mass is 225 g/mol. The van der Waals surface area contributed by atoms with Crippen molar-refractivity contribution in [3.05, 3.63) is 33.9 Å². The van der Waals surface area contributed by atoms with Gasteiger partial charge in [-0.2, -0.15) is 0 Å². The second kappa shape index (κ2) is 4.30. The summed E-state index contributed by atoms with van der Waals surface area (Å²) < 4.78 is 0. The van der Waals surface area contributed by atoms with Crippen molar-refractivity contribution < 1.29 is 25.0 Å². The maximum absolute atomic E-state index is 10.6. The number of phenols is 2. The number of hydrogen-bond donors (Lipinski definition) is 3. The molecule has 1 aromatic rings. The van der Waals surface area contributed by atoms with E-state index < -0.39 is 28.1 Å². The van der Waals surface area contributed by atoms with Gasteiger partial charge >= 0.3 is 5.97 Å². The van der Waals surface area contributed by atoms with E-state index in [1.807, 2.05) is 0 Å². The Kier molecular flexibility index (Phi) is 3.09. The molecule has 0 amide bonds. The lowest BCUT2D eigenvalue weighted by molar-refractivity contribution is -0.385. The number of aromatic hydroxyl groups is 2. The molecular formula is C9H7NO6. The van der Waals surface area contributed by atoms with Crippen LogP contribution in [0.4, 0.5) is 5.69 Å². The predicted molar refractivity (Wildman–Crippen MR) is 53.1 cm³/mol. The molecule has 0 aliphatic carbocycles. The van der Waals surface area contributed by atoms with Gasteiger partial charge in [-0.15, -0.1) is 0 Å². The number of phenolic OH excluding ortho intramolecular Hbond substituents is 2. The van der Waals surface area contributed by atoms with E-state index in [0.717, 1.165) is 18.2 Å². The summed E-state index contributed by atoms with van der Waals surface area (Å²) in [6.45, 7) is 0. The third-order valence-corrected chi connectivity index (χ3v) is 1.73. The number of carboxylic acid groups (broad SMARTS) is 1. The summed E-state index contributed by atoms with van der Waals surface area (Å²) in [4.78, 5) is 20.0. The van der Waals surface area contributed by atoms with Gasteiger partial charge in [-0.3, -0.25) is 10.1 Å². The molecule has 0 aliphatic heterocycles. The summed E-state index contributed by atoms with van der Waals surface area (Å²) >= 11 is 0. The molecule has 7 heteroatoms. The highest BCUT2D eigenvalue weighted by molar-refractivity contribution is 5.86. The van der Waals surface area contributed by atoms with Crippen molar-refractivity contribution >= 4 is 17.7 Å². The molecule has 1 aromatic carbocycles. The number of aliphatic carboxylic acids is 1. The number of carboxylic acids is 1. The summed E-state index contributed by atoms with van der Waals surface area (Å²) in [6, 6.07) is 1.66. The number of rotatable bonds is 3. The third kappa shape index (κ3) is 2.47. The molecule has 0 aliphatic rings. The normalized spacial score (nSPS) is 10.5. The lowest BCUT2D eigenvalue weighted by atomic mass is 10.1.